The SMILES string of the molecule is O=C(O)c1cccc(C(=O)N2CCC(S(=O)(=O)C(F)F)CC2)c1. The maximum absolute atomic E-state index is 12.5. The molecule has 0 radical (unpaired) electrons. The molecule has 1 aromatic rings. The van der Waals surface area contributed by atoms with Crippen LogP contribution in [-0.2, 0) is 9.84 Å². The van der Waals surface area contributed by atoms with E-state index in [4.69, 9.17) is 5.11 Å². The summed E-state index contributed by atoms with van der Waals surface area (Å²) in [7, 11) is -4.48. The quantitative estimate of drug-likeness (QED) is 0.894. The molecule has 1 fully saturated rings. The molecule has 0 saturated carbocycles. The zero-order valence-electron chi connectivity index (χ0n) is 12.0. The molecule has 2 rings (SSSR count). The van der Waals surface area contributed by atoms with Gasteiger partial charge in [-0.05, 0) is 31.0 Å². The number of piperidine rings is 1. The Morgan fingerprint density at radius 1 is 1.17 bits per heavy atom. The summed E-state index contributed by atoms with van der Waals surface area (Å²) in [5.41, 5.74) is 0.131. The van der Waals surface area contributed by atoms with Crippen molar-refractivity contribution in [1.82, 2.24) is 4.90 Å². The van der Waals surface area contributed by atoms with Crippen LogP contribution in [0.5, 0.6) is 0 Å². The van der Waals surface area contributed by atoms with E-state index in [-0.39, 0.29) is 37.1 Å². The standard InChI is InChI=1S/C14H15F2NO5S/c15-14(16)23(21,22)11-4-6-17(7-5-11)12(18)9-2-1-3-10(8-9)13(19)20/h1-3,8,11,14H,4-7H2,(H,19,20). The molecule has 0 aliphatic carbocycles. The van der Waals surface area contributed by atoms with E-state index in [2.05, 4.69) is 0 Å². The largest absolute Gasteiger partial charge is 0.478 e. The summed E-state index contributed by atoms with van der Waals surface area (Å²) < 4.78 is 47.9. The zero-order chi connectivity index (χ0) is 17.2. The maximum atomic E-state index is 12.5. The molecular formula is C14H15F2NO5S. The lowest BCUT2D eigenvalue weighted by atomic mass is 10.1. The Balaban J connectivity index is 2.07. The van der Waals surface area contributed by atoms with E-state index in [0.29, 0.717) is 0 Å². The summed E-state index contributed by atoms with van der Waals surface area (Å²) in [6.45, 7) is 0.0689. The number of likely N-dealkylation sites (tertiary alicyclic amines) is 1. The molecule has 126 valence electrons. The third-order valence-corrected chi connectivity index (χ3v) is 5.70. The van der Waals surface area contributed by atoms with Gasteiger partial charge >= 0.3 is 11.7 Å². The lowest BCUT2D eigenvalue weighted by Gasteiger charge is -2.31. The minimum absolute atomic E-state index is 0.0345. The molecule has 1 aromatic carbocycles. The summed E-state index contributed by atoms with van der Waals surface area (Å²) in [4.78, 5) is 24.6. The second-order valence-electron chi connectivity index (χ2n) is 5.23. The van der Waals surface area contributed by atoms with Gasteiger partial charge in [0.15, 0.2) is 0 Å². The monoisotopic (exact) mass is 347 g/mol. The van der Waals surface area contributed by atoms with Crippen LogP contribution in [0.4, 0.5) is 8.78 Å². The highest BCUT2D eigenvalue weighted by Gasteiger charge is 2.37. The number of rotatable bonds is 4. The van der Waals surface area contributed by atoms with Gasteiger partial charge in [0.25, 0.3) is 5.91 Å². The van der Waals surface area contributed by atoms with Crippen molar-refractivity contribution in [3.05, 3.63) is 35.4 Å². The Labute approximate surface area is 131 Å². The number of carbonyl (C=O) groups excluding carboxylic acids is 1. The summed E-state index contributed by atoms with van der Waals surface area (Å²) in [6, 6.07) is 5.47. The number of halogens is 2. The predicted molar refractivity (Wildman–Crippen MR) is 77.3 cm³/mol. The highest BCUT2D eigenvalue weighted by molar-refractivity contribution is 7.92. The maximum Gasteiger partial charge on any atom is 0.337 e. The first-order chi connectivity index (χ1) is 10.7. The summed E-state index contributed by atoms with van der Waals surface area (Å²) in [5, 5.41) is 7.76. The van der Waals surface area contributed by atoms with Crippen LogP contribution in [-0.4, -0.2) is 54.4 Å². The van der Waals surface area contributed by atoms with Crippen LogP contribution in [0.25, 0.3) is 0 Å². The first kappa shape index (κ1) is 17.3. The van der Waals surface area contributed by atoms with E-state index in [9.17, 15) is 26.8 Å². The Kier molecular flexibility index (Phi) is 4.98. The van der Waals surface area contributed by atoms with Crippen LogP contribution >= 0.6 is 0 Å². The predicted octanol–water partition coefficient (Wildman–Crippen LogP) is 1.63. The number of sulfone groups is 1. The van der Waals surface area contributed by atoms with Crippen molar-refractivity contribution in [2.24, 2.45) is 0 Å². The second-order valence-corrected chi connectivity index (χ2v) is 7.43. The molecule has 0 bridgehead atoms. The molecule has 1 heterocycles. The van der Waals surface area contributed by atoms with E-state index >= 15 is 0 Å². The van der Waals surface area contributed by atoms with Gasteiger partial charge in [0.1, 0.15) is 0 Å². The third kappa shape index (κ3) is 3.66. The van der Waals surface area contributed by atoms with Crippen molar-refractivity contribution >= 4 is 21.7 Å². The molecular weight excluding hydrogens is 332 g/mol. The number of alkyl halides is 2. The minimum atomic E-state index is -4.48. The van der Waals surface area contributed by atoms with Crippen molar-refractivity contribution in [2.45, 2.75) is 23.8 Å². The molecule has 23 heavy (non-hydrogen) atoms. The molecule has 1 saturated heterocycles. The highest BCUT2D eigenvalue weighted by Crippen LogP contribution is 2.24. The topological polar surface area (TPSA) is 91.8 Å². The smallest absolute Gasteiger partial charge is 0.337 e. The number of hydrogen-bond donors (Lipinski definition) is 1. The fraction of sp³-hybridized carbons (Fsp3) is 0.429. The van der Waals surface area contributed by atoms with Crippen LogP contribution < -0.4 is 0 Å². The van der Waals surface area contributed by atoms with Crippen molar-refractivity contribution in [3.8, 4) is 0 Å². The fourth-order valence-electron chi connectivity index (χ4n) is 2.50. The number of carbonyl (C=O) groups is 2. The van der Waals surface area contributed by atoms with Gasteiger partial charge in [-0.1, -0.05) is 6.07 Å². The molecule has 1 aliphatic rings. The summed E-state index contributed by atoms with van der Waals surface area (Å²) >= 11 is 0. The van der Waals surface area contributed by atoms with Gasteiger partial charge in [-0.25, -0.2) is 13.2 Å². The Bertz CT molecular complexity index is 712. The molecule has 9 heteroatoms. The number of aromatic carboxylic acids is 1. The summed E-state index contributed by atoms with van der Waals surface area (Å²) in [6.07, 6.45) is -0.117. The van der Waals surface area contributed by atoms with Gasteiger partial charge in [0, 0.05) is 18.7 Å². The number of nitrogens with zero attached hydrogens (tertiary/aromatic N) is 1. The molecule has 0 unspecified atom stereocenters. The van der Waals surface area contributed by atoms with Gasteiger partial charge in [-0.3, -0.25) is 4.79 Å². The van der Waals surface area contributed by atoms with Crippen molar-refractivity contribution < 1.29 is 31.9 Å². The van der Waals surface area contributed by atoms with Gasteiger partial charge in [0.2, 0.25) is 9.84 Å². The van der Waals surface area contributed by atoms with Crippen molar-refractivity contribution in [2.75, 3.05) is 13.1 Å². The molecule has 0 aromatic heterocycles. The van der Waals surface area contributed by atoms with E-state index < -0.39 is 32.7 Å². The van der Waals surface area contributed by atoms with Crippen molar-refractivity contribution in [1.29, 1.82) is 0 Å². The molecule has 6 nitrogen and oxygen atoms in total. The average molecular weight is 347 g/mol. The van der Waals surface area contributed by atoms with Crippen LogP contribution in [0, 0.1) is 0 Å². The number of carboxylic acids is 1. The Morgan fingerprint density at radius 2 is 1.74 bits per heavy atom. The second kappa shape index (κ2) is 6.61. The van der Waals surface area contributed by atoms with E-state index in [1.165, 1.54) is 29.2 Å². The van der Waals surface area contributed by atoms with Crippen LogP contribution in [0.1, 0.15) is 33.6 Å². The molecule has 0 spiro atoms. The lowest BCUT2D eigenvalue weighted by molar-refractivity contribution is 0.0697. The first-order valence-electron chi connectivity index (χ1n) is 6.87. The zero-order valence-corrected chi connectivity index (χ0v) is 12.8. The van der Waals surface area contributed by atoms with E-state index in [0.717, 1.165) is 0 Å². The van der Waals surface area contributed by atoms with Crippen molar-refractivity contribution in [3.63, 3.8) is 0 Å². The van der Waals surface area contributed by atoms with E-state index in [1.807, 2.05) is 0 Å². The van der Waals surface area contributed by atoms with Gasteiger partial charge in [0.05, 0.1) is 10.8 Å². The van der Waals surface area contributed by atoms with Crippen LogP contribution in [0.15, 0.2) is 24.3 Å². The highest BCUT2D eigenvalue weighted by atomic mass is 32.2. The van der Waals surface area contributed by atoms with Gasteiger partial charge in [-0.15, -0.1) is 0 Å². The number of amides is 1. The van der Waals surface area contributed by atoms with E-state index in [1.54, 1.807) is 0 Å². The average Bonchev–Trinajstić information content (AvgIpc) is 2.54. The third-order valence-electron chi connectivity index (χ3n) is 3.80. The normalized spacial score (nSPS) is 16.6. The lowest BCUT2D eigenvalue weighted by Crippen LogP contribution is -2.43. The first-order valence-corrected chi connectivity index (χ1v) is 8.48. The molecule has 0 atom stereocenters. The number of hydrogen-bond acceptors (Lipinski definition) is 4. The molecule has 1 amide bonds. The van der Waals surface area contributed by atoms with Crippen LogP contribution in [0.2, 0.25) is 0 Å². The Hall–Kier alpha value is -2.03. The van der Waals surface area contributed by atoms with Gasteiger partial charge < -0.3 is 10.0 Å². The summed E-state index contributed by atoms with van der Waals surface area (Å²) in [5.74, 6) is -5.02. The number of carboxylic acid groups (broad SMARTS) is 1. The molecule has 1 aliphatic heterocycles. The fourth-order valence-corrected chi connectivity index (χ4v) is 3.66. The molecule has 1 N–H and O–H groups in total. The Morgan fingerprint density at radius 3 is 2.26 bits per heavy atom. The minimum Gasteiger partial charge on any atom is -0.478 e. The number of benzene rings is 1. The van der Waals surface area contributed by atoms with Gasteiger partial charge in [-0.2, -0.15) is 8.78 Å². The van der Waals surface area contributed by atoms with Crippen LogP contribution in [0.3, 0.4) is 0 Å².